The Morgan fingerprint density at radius 2 is 1.68 bits per heavy atom. The molecule has 104 valence electrons. The largest absolute Gasteiger partial charge is 0.508 e. The number of rotatable bonds is 3. The Kier molecular flexibility index (Phi) is 3.62. The minimum absolute atomic E-state index is 0.162. The molecule has 4 heteroatoms. The smallest absolute Gasteiger partial charge is 0.119 e. The van der Waals surface area contributed by atoms with Gasteiger partial charge in [-0.3, -0.25) is 4.90 Å². The first-order chi connectivity index (χ1) is 9.24. The molecule has 0 amide bonds. The standard InChI is InChI=1S/C15H22N2O2/c18-13-8-12(9-14(19)10-13)15(11-2-1-3-11)17-6-4-16-5-7-17/h8-11,15-16,18-19H,1-7H2/t15-/m0/s1. The van der Waals surface area contributed by atoms with E-state index in [1.54, 1.807) is 0 Å². The van der Waals surface area contributed by atoms with Crippen LogP contribution in [0.4, 0.5) is 0 Å². The number of piperazine rings is 1. The van der Waals surface area contributed by atoms with Gasteiger partial charge in [0.2, 0.25) is 0 Å². The molecule has 2 fully saturated rings. The van der Waals surface area contributed by atoms with Gasteiger partial charge in [-0.2, -0.15) is 0 Å². The van der Waals surface area contributed by atoms with Crippen molar-refractivity contribution in [3.8, 4) is 11.5 Å². The topological polar surface area (TPSA) is 55.7 Å². The second kappa shape index (κ2) is 5.39. The second-order valence-electron chi connectivity index (χ2n) is 5.70. The predicted molar refractivity (Wildman–Crippen MR) is 74.3 cm³/mol. The number of aromatic hydroxyl groups is 2. The van der Waals surface area contributed by atoms with Gasteiger partial charge in [0.1, 0.15) is 11.5 Å². The van der Waals surface area contributed by atoms with Crippen molar-refractivity contribution >= 4 is 0 Å². The highest BCUT2D eigenvalue weighted by Crippen LogP contribution is 2.42. The van der Waals surface area contributed by atoms with E-state index in [0.717, 1.165) is 31.7 Å². The molecule has 0 bridgehead atoms. The fourth-order valence-electron chi connectivity index (χ4n) is 3.29. The summed E-state index contributed by atoms with van der Waals surface area (Å²) >= 11 is 0. The number of nitrogens with zero attached hydrogens (tertiary/aromatic N) is 1. The van der Waals surface area contributed by atoms with E-state index >= 15 is 0 Å². The Morgan fingerprint density at radius 1 is 1.05 bits per heavy atom. The van der Waals surface area contributed by atoms with Gasteiger partial charge in [0.25, 0.3) is 0 Å². The summed E-state index contributed by atoms with van der Waals surface area (Å²) in [7, 11) is 0. The zero-order valence-electron chi connectivity index (χ0n) is 11.2. The molecule has 2 aliphatic rings. The number of phenols is 2. The van der Waals surface area contributed by atoms with Crippen LogP contribution in [0.2, 0.25) is 0 Å². The fraction of sp³-hybridized carbons (Fsp3) is 0.600. The lowest BCUT2D eigenvalue weighted by Crippen LogP contribution is -2.47. The molecule has 0 unspecified atom stereocenters. The average molecular weight is 262 g/mol. The summed E-state index contributed by atoms with van der Waals surface area (Å²) in [6.07, 6.45) is 3.81. The van der Waals surface area contributed by atoms with Crippen LogP contribution in [0.1, 0.15) is 30.9 Å². The van der Waals surface area contributed by atoms with Crippen molar-refractivity contribution in [3.05, 3.63) is 23.8 Å². The number of nitrogens with one attached hydrogen (secondary N) is 1. The number of phenolic OH excluding ortho intramolecular Hbond substituents is 2. The van der Waals surface area contributed by atoms with E-state index in [-0.39, 0.29) is 11.5 Å². The monoisotopic (exact) mass is 262 g/mol. The lowest BCUT2D eigenvalue weighted by molar-refractivity contribution is 0.0834. The zero-order chi connectivity index (χ0) is 13.2. The third-order valence-electron chi connectivity index (χ3n) is 4.41. The highest BCUT2D eigenvalue weighted by molar-refractivity contribution is 5.38. The van der Waals surface area contributed by atoms with Crippen LogP contribution < -0.4 is 5.32 Å². The summed E-state index contributed by atoms with van der Waals surface area (Å²) in [5.41, 5.74) is 1.06. The van der Waals surface area contributed by atoms with Crippen molar-refractivity contribution in [2.24, 2.45) is 5.92 Å². The Hall–Kier alpha value is -1.26. The molecule has 1 heterocycles. The van der Waals surface area contributed by atoms with E-state index in [2.05, 4.69) is 10.2 Å². The Balaban J connectivity index is 1.88. The van der Waals surface area contributed by atoms with Crippen LogP contribution >= 0.6 is 0 Å². The summed E-state index contributed by atoms with van der Waals surface area (Å²) in [5.74, 6) is 0.989. The maximum atomic E-state index is 9.72. The minimum Gasteiger partial charge on any atom is -0.508 e. The van der Waals surface area contributed by atoms with Crippen LogP contribution in [0.15, 0.2) is 18.2 Å². The van der Waals surface area contributed by atoms with Crippen molar-refractivity contribution < 1.29 is 10.2 Å². The first-order valence-corrected chi connectivity index (χ1v) is 7.22. The van der Waals surface area contributed by atoms with E-state index in [4.69, 9.17) is 0 Å². The van der Waals surface area contributed by atoms with Crippen LogP contribution in [0.25, 0.3) is 0 Å². The maximum absolute atomic E-state index is 9.72. The third-order valence-corrected chi connectivity index (χ3v) is 4.41. The molecule has 1 aliphatic carbocycles. The van der Waals surface area contributed by atoms with Gasteiger partial charge < -0.3 is 15.5 Å². The fourth-order valence-corrected chi connectivity index (χ4v) is 3.29. The lowest BCUT2D eigenvalue weighted by atomic mass is 9.76. The number of benzene rings is 1. The summed E-state index contributed by atoms with van der Waals surface area (Å²) in [6.45, 7) is 4.12. The second-order valence-corrected chi connectivity index (χ2v) is 5.70. The van der Waals surface area contributed by atoms with E-state index in [9.17, 15) is 10.2 Å². The molecule has 1 aliphatic heterocycles. The van der Waals surface area contributed by atoms with Gasteiger partial charge in [-0.25, -0.2) is 0 Å². The predicted octanol–water partition coefficient (Wildman–Crippen LogP) is 1.84. The lowest BCUT2D eigenvalue weighted by Gasteiger charge is -2.43. The van der Waals surface area contributed by atoms with Gasteiger partial charge >= 0.3 is 0 Å². The van der Waals surface area contributed by atoms with Gasteiger partial charge in [-0.1, -0.05) is 6.42 Å². The van der Waals surface area contributed by atoms with Gasteiger partial charge in [-0.15, -0.1) is 0 Å². The molecule has 1 aromatic carbocycles. The van der Waals surface area contributed by atoms with Gasteiger partial charge in [0, 0.05) is 38.3 Å². The van der Waals surface area contributed by atoms with E-state index < -0.39 is 0 Å². The van der Waals surface area contributed by atoms with Crippen LogP contribution in [0.3, 0.4) is 0 Å². The molecular formula is C15H22N2O2. The Morgan fingerprint density at radius 3 is 2.21 bits per heavy atom. The molecule has 4 nitrogen and oxygen atoms in total. The van der Waals surface area contributed by atoms with Crippen LogP contribution in [0, 0.1) is 5.92 Å². The molecule has 3 rings (SSSR count). The molecule has 1 atom stereocenters. The number of hydrogen-bond donors (Lipinski definition) is 3. The van der Waals surface area contributed by atoms with Crippen LogP contribution in [0.5, 0.6) is 11.5 Å². The quantitative estimate of drug-likeness (QED) is 0.778. The summed E-state index contributed by atoms with van der Waals surface area (Å²) in [6, 6.07) is 5.36. The van der Waals surface area contributed by atoms with Gasteiger partial charge in [0.15, 0.2) is 0 Å². The molecule has 0 radical (unpaired) electrons. The first-order valence-electron chi connectivity index (χ1n) is 7.22. The van der Waals surface area contributed by atoms with Crippen molar-refractivity contribution in [1.29, 1.82) is 0 Å². The zero-order valence-corrected chi connectivity index (χ0v) is 11.2. The molecular weight excluding hydrogens is 240 g/mol. The summed E-state index contributed by atoms with van der Waals surface area (Å²) in [5, 5.41) is 22.8. The van der Waals surface area contributed by atoms with Crippen LogP contribution in [-0.2, 0) is 0 Å². The summed E-state index contributed by atoms with van der Waals surface area (Å²) in [4.78, 5) is 2.49. The van der Waals surface area contributed by atoms with Crippen molar-refractivity contribution in [3.63, 3.8) is 0 Å². The van der Waals surface area contributed by atoms with E-state index in [0.29, 0.717) is 12.0 Å². The Bertz CT molecular complexity index is 420. The van der Waals surface area contributed by atoms with Crippen molar-refractivity contribution in [2.45, 2.75) is 25.3 Å². The molecule has 19 heavy (non-hydrogen) atoms. The van der Waals surface area contributed by atoms with Crippen molar-refractivity contribution in [1.82, 2.24) is 10.2 Å². The van der Waals surface area contributed by atoms with Crippen LogP contribution in [-0.4, -0.2) is 41.3 Å². The van der Waals surface area contributed by atoms with E-state index in [1.807, 2.05) is 12.1 Å². The molecule has 1 saturated carbocycles. The minimum atomic E-state index is 0.162. The van der Waals surface area contributed by atoms with E-state index in [1.165, 1.54) is 25.3 Å². The highest BCUT2D eigenvalue weighted by atomic mass is 16.3. The maximum Gasteiger partial charge on any atom is 0.119 e. The number of hydrogen-bond acceptors (Lipinski definition) is 4. The average Bonchev–Trinajstić information content (AvgIpc) is 2.33. The Labute approximate surface area is 114 Å². The molecule has 0 aromatic heterocycles. The molecule has 1 saturated heterocycles. The molecule has 0 spiro atoms. The van der Waals surface area contributed by atoms with Crippen molar-refractivity contribution in [2.75, 3.05) is 26.2 Å². The molecule has 1 aromatic rings. The third kappa shape index (κ3) is 2.69. The highest BCUT2D eigenvalue weighted by Gasteiger charge is 2.33. The summed E-state index contributed by atoms with van der Waals surface area (Å²) < 4.78 is 0. The van der Waals surface area contributed by atoms with Gasteiger partial charge in [0.05, 0.1) is 0 Å². The SMILES string of the molecule is Oc1cc(O)cc([C@H](C2CCC2)N2CCNCC2)c1. The first kappa shape index (κ1) is 12.8. The van der Waals surface area contributed by atoms with Gasteiger partial charge in [-0.05, 0) is 36.5 Å². The normalized spacial score (nSPS) is 22.9. The molecule has 3 N–H and O–H groups in total.